The normalized spacial score (nSPS) is 25.4. The highest BCUT2D eigenvalue weighted by Crippen LogP contribution is 2.39. The summed E-state index contributed by atoms with van der Waals surface area (Å²) >= 11 is 1.39. The van der Waals surface area contributed by atoms with Crippen LogP contribution in [0.4, 0.5) is 9.93 Å². The number of aromatic nitrogens is 1. The Labute approximate surface area is 162 Å². The molecule has 1 saturated carbocycles. The predicted octanol–water partition coefficient (Wildman–Crippen LogP) is 0.932. The van der Waals surface area contributed by atoms with Gasteiger partial charge in [-0.1, -0.05) is 6.92 Å². The molecule has 4 rings (SSSR count). The van der Waals surface area contributed by atoms with Gasteiger partial charge in [0.05, 0.1) is 12.1 Å². The maximum atomic E-state index is 12.6. The van der Waals surface area contributed by atoms with Crippen LogP contribution in [-0.2, 0) is 16.0 Å². The molecule has 146 valence electrons. The molecule has 3 fully saturated rings. The van der Waals surface area contributed by atoms with Crippen molar-refractivity contribution < 1.29 is 14.4 Å². The minimum atomic E-state index is -0.126. The van der Waals surface area contributed by atoms with E-state index in [2.05, 4.69) is 17.2 Å². The topological polar surface area (TPSA) is 85.9 Å². The van der Waals surface area contributed by atoms with Crippen molar-refractivity contribution in [2.24, 2.45) is 11.8 Å². The number of anilines is 1. The van der Waals surface area contributed by atoms with Gasteiger partial charge in [0.2, 0.25) is 11.8 Å². The molecule has 0 radical (unpaired) electrons. The smallest absolute Gasteiger partial charge is 0.323 e. The zero-order valence-corrected chi connectivity index (χ0v) is 16.3. The Bertz CT molecular complexity index is 743. The summed E-state index contributed by atoms with van der Waals surface area (Å²) in [7, 11) is 0. The van der Waals surface area contributed by atoms with Crippen molar-refractivity contribution in [1.29, 1.82) is 0 Å². The molecule has 0 unspecified atom stereocenters. The van der Waals surface area contributed by atoms with Gasteiger partial charge in [0.15, 0.2) is 5.13 Å². The van der Waals surface area contributed by atoms with Crippen molar-refractivity contribution in [1.82, 2.24) is 20.1 Å². The Balaban J connectivity index is 1.28. The second kappa shape index (κ2) is 7.46. The van der Waals surface area contributed by atoms with E-state index in [0.29, 0.717) is 56.0 Å². The third-order valence-electron chi connectivity index (χ3n) is 5.55. The first-order valence-corrected chi connectivity index (χ1v) is 10.5. The monoisotopic (exact) mass is 391 g/mol. The molecule has 0 aromatic carbocycles. The van der Waals surface area contributed by atoms with Gasteiger partial charge in [-0.15, -0.1) is 11.3 Å². The minimum Gasteiger partial charge on any atom is -0.339 e. The number of urea groups is 1. The number of hydrogen-bond acceptors (Lipinski definition) is 5. The van der Waals surface area contributed by atoms with E-state index in [1.165, 1.54) is 11.3 Å². The van der Waals surface area contributed by atoms with E-state index in [1.807, 2.05) is 15.2 Å². The fraction of sp³-hybridized carbons (Fsp3) is 0.667. The van der Waals surface area contributed by atoms with Gasteiger partial charge in [-0.25, -0.2) is 9.78 Å². The number of carbonyl (C=O) groups is 3. The highest BCUT2D eigenvalue weighted by molar-refractivity contribution is 7.14. The van der Waals surface area contributed by atoms with Crippen molar-refractivity contribution >= 4 is 34.3 Å². The summed E-state index contributed by atoms with van der Waals surface area (Å²) in [4.78, 5) is 46.6. The molecule has 0 spiro atoms. The van der Waals surface area contributed by atoms with Gasteiger partial charge in [0.25, 0.3) is 0 Å². The van der Waals surface area contributed by atoms with Crippen molar-refractivity contribution in [2.45, 2.75) is 26.2 Å². The lowest BCUT2D eigenvalue weighted by molar-refractivity contribution is -0.140. The molecular formula is C18H25N5O3S. The molecule has 1 aliphatic carbocycles. The lowest BCUT2D eigenvalue weighted by atomic mass is 10.2. The Morgan fingerprint density at radius 2 is 1.93 bits per heavy atom. The van der Waals surface area contributed by atoms with E-state index in [0.717, 1.165) is 12.8 Å². The van der Waals surface area contributed by atoms with Crippen molar-refractivity contribution in [3.8, 4) is 0 Å². The molecule has 2 saturated heterocycles. The average Bonchev–Trinajstić information content (AvgIpc) is 3.23. The largest absolute Gasteiger partial charge is 0.339 e. The maximum Gasteiger partial charge on any atom is 0.323 e. The van der Waals surface area contributed by atoms with Crippen LogP contribution in [0, 0.1) is 11.8 Å². The SMILES string of the molecule is C[C@H]1C[C@H]1C(=O)N1CCN(C(=O)Cc2csc(N3CCCNC3=O)n2)CC1. The van der Waals surface area contributed by atoms with Crippen LogP contribution in [0.25, 0.3) is 0 Å². The average molecular weight is 391 g/mol. The Morgan fingerprint density at radius 3 is 2.59 bits per heavy atom. The van der Waals surface area contributed by atoms with E-state index in [4.69, 9.17) is 0 Å². The first-order chi connectivity index (χ1) is 13.0. The fourth-order valence-corrected chi connectivity index (χ4v) is 4.51. The van der Waals surface area contributed by atoms with Gasteiger partial charge in [-0.3, -0.25) is 14.5 Å². The van der Waals surface area contributed by atoms with Crippen molar-refractivity contribution in [3.63, 3.8) is 0 Å². The molecule has 8 nitrogen and oxygen atoms in total. The molecular weight excluding hydrogens is 366 g/mol. The molecule has 27 heavy (non-hydrogen) atoms. The van der Waals surface area contributed by atoms with E-state index < -0.39 is 0 Å². The Hall–Kier alpha value is -2.16. The number of carbonyl (C=O) groups excluding carboxylic acids is 3. The molecule has 3 heterocycles. The van der Waals surface area contributed by atoms with Crippen LogP contribution in [-0.4, -0.2) is 71.9 Å². The zero-order valence-electron chi connectivity index (χ0n) is 15.5. The van der Waals surface area contributed by atoms with Crippen LogP contribution in [0.1, 0.15) is 25.5 Å². The number of nitrogens with one attached hydrogen (secondary N) is 1. The van der Waals surface area contributed by atoms with Crippen LogP contribution >= 0.6 is 11.3 Å². The van der Waals surface area contributed by atoms with Crippen LogP contribution in [0.2, 0.25) is 0 Å². The Kier molecular flexibility index (Phi) is 5.03. The molecule has 1 aromatic heterocycles. The van der Waals surface area contributed by atoms with Gasteiger partial charge >= 0.3 is 6.03 Å². The number of piperazine rings is 1. The lowest BCUT2D eigenvalue weighted by Gasteiger charge is -2.35. The van der Waals surface area contributed by atoms with Gasteiger partial charge in [0, 0.05) is 50.6 Å². The van der Waals surface area contributed by atoms with Crippen molar-refractivity contribution in [2.75, 3.05) is 44.2 Å². The van der Waals surface area contributed by atoms with Gasteiger partial charge in [-0.05, 0) is 18.8 Å². The highest BCUT2D eigenvalue weighted by atomic mass is 32.1. The molecule has 1 N–H and O–H groups in total. The first-order valence-electron chi connectivity index (χ1n) is 9.59. The minimum absolute atomic E-state index is 0.0295. The molecule has 0 bridgehead atoms. The summed E-state index contributed by atoms with van der Waals surface area (Å²) in [5, 5.41) is 5.30. The van der Waals surface area contributed by atoms with Gasteiger partial charge in [-0.2, -0.15) is 0 Å². The van der Waals surface area contributed by atoms with E-state index in [1.54, 1.807) is 4.90 Å². The number of hydrogen-bond donors (Lipinski definition) is 1. The lowest BCUT2D eigenvalue weighted by Crippen LogP contribution is -2.51. The maximum absolute atomic E-state index is 12.6. The summed E-state index contributed by atoms with van der Waals surface area (Å²) < 4.78 is 0. The van der Waals surface area contributed by atoms with Gasteiger partial charge < -0.3 is 15.1 Å². The summed E-state index contributed by atoms with van der Waals surface area (Å²) in [5.41, 5.74) is 0.698. The number of amides is 4. The Morgan fingerprint density at radius 1 is 1.22 bits per heavy atom. The highest BCUT2D eigenvalue weighted by Gasteiger charge is 2.42. The summed E-state index contributed by atoms with van der Waals surface area (Å²) in [6.07, 6.45) is 2.13. The zero-order chi connectivity index (χ0) is 19.0. The third kappa shape index (κ3) is 3.92. The second-order valence-corrected chi connectivity index (χ2v) is 8.40. The summed E-state index contributed by atoms with van der Waals surface area (Å²) in [5.74, 6) is 0.992. The predicted molar refractivity (Wildman–Crippen MR) is 102 cm³/mol. The second-order valence-electron chi connectivity index (χ2n) is 7.56. The molecule has 9 heteroatoms. The third-order valence-corrected chi connectivity index (χ3v) is 6.47. The van der Waals surface area contributed by atoms with Gasteiger partial charge in [0.1, 0.15) is 0 Å². The first kappa shape index (κ1) is 18.2. The van der Waals surface area contributed by atoms with Crippen LogP contribution < -0.4 is 10.2 Å². The quantitative estimate of drug-likeness (QED) is 0.827. The molecule has 2 atom stereocenters. The molecule has 1 aromatic rings. The van der Waals surface area contributed by atoms with Crippen LogP contribution in [0.5, 0.6) is 0 Å². The summed E-state index contributed by atoms with van der Waals surface area (Å²) in [6, 6.07) is -0.126. The van der Waals surface area contributed by atoms with Crippen molar-refractivity contribution in [3.05, 3.63) is 11.1 Å². The van der Waals surface area contributed by atoms with Crippen LogP contribution in [0.3, 0.4) is 0 Å². The molecule has 2 aliphatic heterocycles. The number of rotatable bonds is 4. The standard InChI is InChI=1S/C18H25N5O3S/c1-12-9-14(12)16(25)22-7-5-21(6-8-22)15(24)10-13-11-27-18(20-13)23-4-2-3-19-17(23)26/h11-12,14H,2-10H2,1H3,(H,19,26)/t12-,14+/m0/s1. The van der Waals surface area contributed by atoms with E-state index >= 15 is 0 Å². The van der Waals surface area contributed by atoms with E-state index in [-0.39, 0.29) is 30.2 Å². The fourth-order valence-electron chi connectivity index (χ4n) is 3.66. The molecule has 4 amide bonds. The van der Waals surface area contributed by atoms with E-state index in [9.17, 15) is 14.4 Å². The van der Waals surface area contributed by atoms with Crippen LogP contribution in [0.15, 0.2) is 5.38 Å². The molecule has 3 aliphatic rings. The summed E-state index contributed by atoms with van der Waals surface area (Å²) in [6.45, 7) is 5.85. The number of thiazole rings is 1. The number of nitrogens with zero attached hydrogens (tertiary/aromatic N) is 4.